The van der Waals surface area contributed by atoms with E-state index < -0.39 is 5.41 Å². The van der Waals surface area contributed by atoms with Gasteiger partial charge in [-0.3, -0.25) is 4.79 Å². The summed E-state index contributed by atoms with van der Waals surface area (Å²) in [6.07, 6.45) is 4.89. The van der Waals surface area contributed by atoms with Gasteiger partial charge in [0.2, 0.25) is 5.91 Å². The lowest BCUT2D eigenvalue weighted by molar-refractivity contribution is -0.123. The standard InChI is InChI=1S/C15H23N3O/c1-10-9-12(11-7-5-6-8-11)13(18-17-10)16-14(19)15(2,3)4/h9,11H,5-8H2,1-4H3,(H,16,18,19). The van der Waals surface area contributed by atoms with E-state index in [1.165, 1.54) is 25.7 Å². The van der Waals surface area contributed by atoms with Gasteiger partial charge in [-0.05, 0) is 31.7 Å². The molecule has 0 atom stereocenters. The predicted molar refractivity (Wildman–Crippen MR) is 76.1 cm³/mol. The quantitative estimate of drug-likeness (QED) is 0.887. The van der Waals surface area contributed by atoms with Crippen molar-refractivity contribution in [2.45, 2.75) is 59.3 Å². The molecule has 1 aromatic rings. The van der Waals surface area contributed by atoms with Gasteiger partial charge < -0.3 is 5.32 Å². The summed E-state index contributed by atoms with van der Waals surface area (Å²) in [6, 6.07) is 2.07. The molecule has 1 saturated carbocycles. The highest BCUT2D eigenvalue weighted by Crippen LogP contribution is 2.37. The first-order chi connectivity index (χ1) is 8.88. The summed E-state index contributed by atoms with van der Waals surface area (Å²) in [4.78, 5) is 12.1. The number of hydrogen-bond acceptors (Lipinski definition) is 3. The second kappa shape index (κ2) is 5.27. The average Bonchev–Trinajstić information content (AvgIpc) is 2.83. The van der Waals surface area contributed by atoms with Crippen molar-refractivity contribution in [3.63, 3.8) is 0 Å². The Morgan fingerprint density at radius 3 is 2.47 bits per heavy atom. The van der Waals surface area contributed by atoms with Crippen molar-refractivity contribution in [1.82, 2.24) is 10.2 Å². The molecule has 1 fully saturated rings. The lowest BCUT2D eigenvalue weighted by Crippen LogP contribution is -2.29. The van der Waals surface area contributed by atoms with Gasteiger partial charge in [-0.1, -0.05) is 33.6 Å². The first kappa shape index (κ1) is 14.0. The fourth-order valence-corrected chi connectivity index (χ4v) is 2.45. The zero-order valence-corrected chi connectivity index (χ0v) is 12.3. The number of rotatable bonds is 2. The van der Waals surface area contributed by atoms with Gasteiger partial charge in [0.1, 0.15) is 0 Å². The molecule has 0 unspecified atom stereocenters. The summed E-state index contributed by atoms with van der Waals surface area (Å²) >= 11 is 0. The Bertz CT molecular complexity index is 471. The van der Waals surface area contributed by atoms with E-state index in [2.05, 4.69) is 21.6 Å². The van der Waals surface area contributed by atoms with Crippen LogP contribution in [0, 0.1) is 12.3 Å². The van der Waals surface area contributed by atoms with Crippen LogP contribution >= 0.6 is 0 Å². The largest absolute Gasteiger partial charge is 0.309 e. The van der Waals surface area contributed by atoms with Crippen LogP contribution in [0.1, 0.15) is 63.6 Å². The Morgan fingerprint density at radius 2 is 1.89 bits per heavy atom. The monoisotopic (exact) mass is 261 g/mol. The molecule has 0 bridgehead atoms. The van der Waals surface area contributed by atoms with Crippen LogP contribution in [-0.2, 0) is 4.79 Å². The summed E-state index contributed by atoms with van der Waals surface area (Å²) in [5, 5.41) is 11.2. The van der Waals surface area contributed by atoms with E-state index >= 15 is 0 Å². The third-order valence-corrected chi connectivity index (χ3v) is 3.65. The second-order valence-corrected chi connectivity index (χ2v) is 6.48. The number of aromatic nitrogens is 2. The molecule has 1 N–H and O–H groups in total. The van der Waals surface area contributed by atoms with Gasteiger partial charge in [-0.25, -0.2) is 0 Å². The summed E-state index contributed by atoms with van der Waals surface area (Å²) in [5.74, 6) is 1.16. The van der Waals surface area contributed by atoms with Crippen LogP contribution in [0.3, 0.4) is 0 Å². The van der Waals surface area contributed by atoms with Crippen LogP contribution in [0.15, 0.2) is 6.07 Å². The molecular formula is C15H23N3O. The number of anilines is 1. The number of hydrogen-bond donors (Lipinski definition) is 1. The highest BCUT2D eigenvalue weighted by molar-refractivity contribution is 5.94. The Balaban J connectivity index is 2.26. The summed E-state index contributed by atoms with van der Waals surface area (Å²) in [6.45, 7) is 7.65. The number of aryl methyl sites for hydroxylation is 1. The first-order valence-corrected chi connectivity index (χ1v) is 7.03. The number of nitrogens with zero attached hydrogens (tertiary/aromatic N) is 2. The Kier molecular flexibility index (Phi) is 3.88. The highest BCUT2D eigenvalue weighted by Gasteiger charge is 2.26. The van der Waals surface area contributed by atoms with Crippen molar-refractivity contribution >= 4 is 11.7 Å². The van der Waals surface area contributed by atoms with Crippen molar-refractivity contribution < 1.29 is 4.79 Å². The van der Waals surface area contributed by atoms with Crippen molar-refractivity contribution in [2.24, 2.45) is 5.41 Å². The predicted octanol–water partition coefficient (Wildman–Crippen LogP) is 3.43. The maximum atomic E-state index is 12.1. The van der Waals surface area contributed by atoms with E-state index in [1.807, 2.05) is 27.7 Å². The third kappa shape index (κ3) is 3.31. The summed E-state index contributed by atoms with van der Waals surface area (Å²) in [5.41, 5.74) is 1.65. The van der Waals surface area contributed by atoms with Crippen molar-refractivity contribution in [2.75, 3.05) is 5.32 Å². The van der Waals surface area contributed by atoms with Gasteiger partial charge in [0.05, 0.1) is 5.69 Å². The van der Waals surface area contributed by atoms with E-state index in [1.54, 1.807) is 0 Å². The molecule has 0 saturated heterocycles. The minimum absolute atomic E-state index is 0.00935. The molecule has 19 heavy (non-hydrogen) atoms. The normalized spacial score (nSPS) is 16.6. The molecular weight excluding hydrogens is 238 g/mol. The zero-order chi connectivity index (χ0) is 14.0. The Hall–Kier alpha value is -1.45. The molecule has 0 spiro atoms. The molecule has 4 heteroatoms. The molecule has 0 radical (unpaired) electrons. The Labute approximate surface area is 115 Å². The molecule has 1 heterocycles. The van der Waals surface area contributed by atoms with E-state index in [9.17, 15) is 4.79 Å². The van der Waals surface area contributed by atoms with Gasteiger partial charge in [-0.2, -0.15) is 5.10 Å². The van der Waals surface area contributed by atoms with Crippen LogP contribution in [0.2, 0.25) is 0 Å². The fourth-order valence-electron chi connectivity index (χ4n) is 2.45. The van der Waals surface area contributed by atoms with E-state index in [4.69, 9.17) is 0 Å². The molecule has 1 aliphatic carbocycles. The van der Waals surface area contributed by atoms with Gasteiger partial charge in [0, 0.05) is 11.0 Å². The fraction of sp³-hybridized carbons (Fsp3) is 0.667. The maximum absolute atomic E-state index is 12.1. The van der Waals surface area contributed by atoms with E-state index in [-0.39, 0.29) is 5.91 Å². The van der Waals surface area contributed by atoms with Crippen LogP contribution < -0.4 is 5.32 Å². The van der Waals surface area contributed by atoms with Gasteiger partial charge in [0.25, 0.3) is 0 Å². The van der Waals surface area contributed by atoms with Crippen LogP contribution in [0.5, 0.6) is 0 Å². The topological polar surface area (TPSA) is 54.9 Å². The average molecular weight is 261 g/mol. The van der Waals surface area contributed by atoms with Crippen LogP contribution in [0.25, 0.3) is 0 Å². The zero-order valence-electron chi connectivity index (χ0n) is 12.3. The summed E-state index contributed by atoms with van der Waals surface area (Å²) < 4.78 is 0. The molecule has 1 amide bonds. The van der Waals surface area contributed by atoms with E-state index in [0.29, 0.717) is 11.7 Å². The van der Waals surface area contributed by atoms with Gasteiger partial charge in [0.15, 0.2) is 5.82 Å². The second-order valence-electron chi connectivity index (χ2n) is 6.48. The lowest BCUT2D eigenvalue weighted by Gasteiger charge is -2.20. The molecule has 4 nitrogen and oxygen atoms in total. The third-order valence-electron chi connectivity index (χ3n) is 3.65. The number of carbonyl (C=O) groups excluding carboxylic acids is 1. The number of carbonyl (C=O) groups is 1. The molecule has 104 valence electrons. The van der Waals surface area contributed by atoms with Crippen molar-refractivity contribution in [3.8, 4) is 0 Å². The molecule has 2 rings (SSSR count). The smallest absolute Gasteiger partial charge is 0.230 e. The lowest BCUT2D eigenvalue weighted by atomic mass is 9.94. The van der Waals surface area contributed by atoms with E-state index in [0.717, 1.165) is 11.3 Å². The molecule has 1 aromatic heterocycles. The molecule has 0 aromatic carbocycles. The van der Waals surface area contributed by atoms with Gasteiger partial charge >= 0.3 is 0 Å². The van der Waals surface area contributed by atoms with Crippen molar-refractivity contribution in [1.29, 1.82) is 0 Å². The molecule has 0 aliphatic heterocycles. The summed E-state index contributed by atoms with van der Waals surface area (Å²) in [7, 11) is 0. The minimum atomic E-state index is -0.417. The molecule has 1 aliphatic rings. The van der Waals surface area contributed by atoms with Gasteiger partial charge in [-0.15, -0.1) is 5.10 Å². The maximum Gasteiger partial charge on any atom is 0.230 e. The minimum Gasteiger partial charge on any atom is -0.309 e. The first-order valence-electron chi connectivity index (χ1n) is 7.03. The number of nitrogens with one attached hydrogen (secondary N) is 1. The van der Waals surface area contributed by atoms with Crippen LogP contribution in [0.4, 0.5) is 5.82 Å². The van der Waals surface area contributed by atoms with Crippen molar-refractivity contribution in [3.05, 3.63) is 17.3 Å². The highest BCUT2D eigenvalue weighted by atomic mass is 16.2. The van der Waals surface area contributed by atoms with Crippen LogP contribution in [-0.4, -0.2) is 16.1 Å². The SMILES string of the molecule is Cc1cc(C2CCCC2)c(NC(=O)C(C)(C)C)nn1. The Morgan fingerprint density at radius 1 is 1.26 bits per heavy atom. The number of amides is 1.